The molecule has 2 aromatic rings. The summed E-state index contributed by atoms with van der Waals surface area (Å²) in [6, 6.07) is 5.39. The van der Waals surface area contributed by atoms with Crippen LogP contribution >= 0.6 is 0 Å². The number of hydrogen-bond acceptors (Lipinski definition) is 7. The smallest absolute Gasteiger partial charge is 0.253 e. The second kappa shape index (κ2) is 8.93. The van der Waals surface area contributed by atoms with Crippen molar-refractivity contribution < 1.29 is 19.4 Å². The lowest BCUT2D eigenvalue weighted by molar-refractivity contribution is -0.119. The minimum Gasteiger partial charge on any atom is -0.388 e. The highest BCUT2D eigenvalue weighted by atomic mass is 16.5. The molecular formula is C21H27N5O4. The van der Waals surface area contributed by atoms with Crippen molar-refractivity contribution in [1.29, 1.82) is 0 Å². The average molecular weight is 413 g/mol. The van der Waals surface area contributed by atoms with Gasteiger partial charge in [0.05, 0.1) is 36.4 Å². The molecule has 4 N–H and O–H groups in total. The van der Waals surface area contributed by atoms with E-state index >= 15 is 0 Å². The molecule has 1 aliphatic carbocycles. The van der Waals surface area contributed by atoms with Gasteiger partial charge in [-0.05, 0) is 31.7 Å². The number of aliphatic hydroxyl groups is 1. The number of ether oxygens (including phenoxy) is 1. The maximum Gasteiger partial charge on any atom is 0.253 e. The Kier molecular flexibility index (Phi) is 6.10. The molecule has 160 valence electrons. The number of carbonyl (C=O) groups is 2. The molecule has 1 aromatic carbocycles. The number of nitrogens with zero attached hydrogens (tertiary/aromatic N) is 2. The van der Waals surface area contributed by atoms with Crippen LogP contribution in [-0.2, 0) is 9.53 Å². The lowest BCUT2D eigenvalue weighted by Gasteiger charge is -2.29. The quantitative estimate of drug-likeness (QED) is 0.576. The van der Waals surface area contributed by atoms with E-state index in [2.05, 4.69) is 25.9 Å². The molecule has 0 bridgehead atoms. The molecular weight excluding hydrogens is 386 g/mol. The minimum atomic E-state index is -0.705. The molecule has 1 saturated heterocycles. The maximum atomic E-state index is 12.8. The van der Waals surface area contributed by atoms with Crippen LogP contribution < -0.4 is 16.0 Å². The van der Waals surface area contributed by atoms with Gasteiger partial charge in [-0.25, -0.2) is 9.97 Å². The Balaban J connectivity index is 1.46. The largest absolute Gasteiger partial charge is 0.388 e. The van der Waals surface area contributed by atoms with Gasteiger partial charge >= 0.3 is 0 Å². The molecule has 2 aliphatic rings. The van der Waals surface area contributed by atoms with Crippen molar-refractivity contribution in [3.8, 4) is 0 Å². The first kappa shape index (κ1) is 20.5. The van der Waals surface area contributed by atoms with Crippen LogP contribution in [0.15, 0.2) is 24.4 Å². The average Bonchev–Trinajstić information content (AvgIpc) is 3.13. The van der Waals surface area contributed by atoms with Gasteiger partial charge in [-0.2, -0.15) is 0 Å². The number of aliphatic hydroxyl groups excluding tert-OH is 1. The molecule has 1 aliphatic heterocycles. The highest BCUT2D eigenvalue weighted by molar-refractivity contribution is 6.05. The number of carbonyl (C=O) groups excluding carboxylic acids is 2. The molecule has 9 heteroatoms. The van der Waals surface area contributed by atoms with E-state index in [1.165, 1.54) is 0 Å². The highest BCUT2D eigenvalue weighted by Crippen LogP contribution is 2.23. The molecule has 2 atom stereocenters. The van der Waals surface area contributed by atoms with Gasteiger partial charge in [0, 0.05) is 30.6 Å². The van der Waals surface area contributed by atoms with Gasteiger partial charge in [-0.1, -0.05) is 12.1 Å². The predicted octanol–water partition coefficient (Wildman–Crippen LogP) is 0.978. The Morgan fingerprint density at radius 1 is 1.10 bits per heavy atom. The summed E-state index contributed by atoms with van der Waals surface area (Å²) < 4.78 is 5.20. The Morgan fingerprint density at radius 3 is 2.57 bits per heavy atom. The van der Waals surface area contributed by atoms with E-state index < -0.39 is 12.1 Å². The zero-order chi connectivity index (χ0) is 21.1. The van der Waals surface area contributed by atoms with Crippen molar-refractivity contribution in [3.05, 3.63) is 30.0 Å². The Morgan fingerprint density at radius 2 is 1.87 bits per heavy atom. The van der Waals surface area contributed by atoms with E-state index in [-0.39, 0.29) is 30.5 Å². The first-order valence-corrected chi connectivity index (χ1v) is 10.4. The summed E-state index contributed by atoms with van der Waals surface area (Å²) in [6.45, 7) is 2.06. The van der Waals surface area contributed by atoms with Crippen LogP contribution in [-0.4, -0.2) is 64.3 Å². The number of nitrogens with one attached hydrogen (secondary N) is 3. The van der Waals surface area contributed by atoms with Gasteiger partial charge in [-0.15, -0.1) is 0 Å². The van der Waals surface area contributed by atoms with Crippen LogP contribution in [0.3, 0.4) is 0 Å². The Bertz CT molecular complexity index is 929. The monoisotopic (exact) mass is 413 g/mol. The number of para-hydroxylation sites is 1. The van der Waals surface area contributed by atoms with Crippen LogP contribution in [0.25, 0.3) is 10.9 Å². The maximum absolute atomic E-state index is 12.8. The van der Waals surface area contributed by atoms with Gasteiger partial charge in [0.1, 0.15) is 0 Å². The first-order chi connectivity index (χ1) is 14.5. The molecule has 1 saturated carbocycles. The molecule has 0 radical (unpaired) electrons. The third kappa shape index (κ3) is 4.68. The first-order valence-electron chi connectivity index (χ1n) is 10.4. The number of fused-ring (bicyclic) bond motifs is 1. The summed E-state index contributed by atoms with van der Waals surface area (Å²) in [6.07, 6.45) is 4.64. The van der Waals surface area contributed by atoms with E-state index in [1.54, 1.807) is 25.3 Å². The molecule has 30 heavy (non-hydrogen) atoms. The third-order valence-corrected chi connectivity index (χ3v) is 5.69. The minimum absolute atomic E-state index is 0.00626. The van der Waals surface area contributed by atoms with Crippen molar-refractivity contribution in [1.82, 2.24) is 20.6 Å². The summed E-state index contributed by atoms with van der Waals surface area (Å²) in [7, 11) is 0. The lowest BCUT2D eigenvalue weighted by Crippen LogP contribution is -2.42. The number of aromatic nitrogens is 2. The van der Waals surface area contributed by atoms with Gasteiger partial charge < -0.3 is 25.8 Å². The lowest BCUT2D eigenvalue weighted by atomic mass is 9.91. The van der Waals surface area contributed by atoms with Crippen LogP contribution in [0.1, 0.15) is 43.0 Å². The van der Waals surface area contributed by atoms with Crippen molar-refractivity contribution in [3.63, 3.8) is 0 Å². The van der Waals surface area contributed by atoms with Crippen LogP contribution in [0.5, 0.6) is 0 Å². The molecule has 0 spiro atoms. The van der Waals surface area contributed by atoms with E-state index in [0.717, 1.165) is 31.1 Å². The second-order valence-electron chi connectivity index (χ2n) is 8.02. The second-order valence-corrected chi connectivity index (χ2v) is 8.02. The predicted molar refractivity (Wildman–Crippen MR) is 111 cm³/mol. The van der Waals surface area contributed by atoms with Crippen LogP contribution in [0.4, 0.5) is 5.95 Å². The van der Waals surface area contributed by atoms with Crippen LogP contribution in [0.2, 0.25) is 0 Å². The summed E-state index contributed by atoms with van der Waals surface area (Å²) in [5.74, 6) is 0.192. The zero-order valence-electron chi connectivity index (χ0n) is 16.9. The van der Waals surface area contributed by atoms with Crippen molar-refractivity contribution in [2.75, 3.05) is 18.5 Å². The zero-order valence-corrected chi connectivity index (χ0v) is 16.9. The van der Waals surface area contributed by atoms with E-state index in [1.807, 2.05) is 6.07 Å². The van der Waals surface area contributed by atoms with E-state index in [4.69, 9.17) is 4.74 Å². The Hall–Kier alpha value is -2.78. The Labute approximate surface area is 174 Å². The molecule has 1 aromatic heterocycles. The fourth-order valence-electron chi connectivity index (χ4n) is 4.09. The van der Waals surface area contributed by atoms with Gasteiger partial charge in [-0.3, -0.25) is 9.59 Å². The molecule has 2 fully saturated rings. The number of rotatable bonds is 5. The molecule has 9 nitrogen and oxygen atoms in total. The van der Waals surface area contributed by atoms with Gasteiger partial charge in [0.25, 0.3) is 5.91 Å². The highest BCUT2D eigenvalue weighted by Gasteiger charge is 2.28. The molecule has 2 heterocycles. The third-order valence-electron chi connectivity index (χ3n) is 5.69. The van der Waals surface area contributed by atoms with Gasteiger partial charge in [0.15, 0.2) is 0 Å². The molecule has 2 amide bonds. The number of amides is 2. The van der Waals surface area contributed by atoms with Gasteiger partial charge in [0.2, 0.25) is 11.9 Å². The van der Waals surface area contributed by atoms with Crippen molar-refractivity contribution in [2.45, 2.75) is 56.8 Å². The number of hydrogen-bond donors (Lipinski definition) is 4. The standard InChI is InChI=1S/C21H27N5O4/c1-12(27)23-14-5-7-15(8-6-14)24-21-22-9-13-3-2-4-16(19(13)26-21)20(29)25-17-10-30-11-18(17)28/h2-4,9,14-15,17-18,28H,5-8,10-11H2,1H3,(H,23,27)(H,25,29)(H,22,24,26)/t14?,15?,17-,18-/m0/s1. The van der Waals surface area contributed by atoms with E-state index in [9.17, 15) is 14.7 Å². The van der Waals surface area contributed by atoms with E-state index in [0.29, 0.717) is 23.6 Å². The number of anilines is 1. The number of benzene rings is 1. The summed E-state index contributed by atoms with van der Waals surface area (Å²) in [4.78, 5) is 33.0. The summed E-state index contributed by atoms with van der Waals surface area (Å²) in [5, 5.41) is 19.8. The SMILES string of the molecule is CC(=O)NC1CCC(Nc2ncc3cccc(C(=O)N[C@H]4COC[C@@H]4O)c3n2)CC1. The summed E-state index contributed by atoms with van der Waals surface area (Å²) >= 11 is 0. The normalized spacial score (nSPS) is 26.3. The summed E-state index contributed by atoms with van der Waals surface area (Å²) in [5.41, 5.74) is 0.999. The van der Waals surface area contributed by atoms with Crippen LogP contribution in [0, 0.1) is 0 Å². The fourth-order valence-corrected chi connectivity index (χ4v) is 4.09. The van der Waals surface area contributed by atoms with Crippen molar-refractivity contribution in [2.24, 2.45) is 0 Å². The topological polar surface area (TPSA) is 125 Å². The molecule has 0 unspecified atom stereocenters. The molecule has 4 rings (SSSR count). The van der Waals surface area contributed by atoms with Crippen molar-refractivity contribution >= 4 is 28.7 Å². The fraction of sp³-hybridized carbons (Fsp3) is 0.524.